The van der Waals surface area contributed by atoms with Crippen LogP contribution in [0.4, 0.5) is 0 Å². The lowest BCUT2D eigenvalue weighted by molar-refractivity contribution is 0.294. The number of para-hydroxylation sites is 1. The number of aryl methyl sites for hydroxylation is 2. The van der Waals surface area contributed by atoms with Gasteiger partial charge in [0.25, 0.3) is 0 Å². The molecule has 0 fully saturated rings. The Morgan fingerprint density at radius 3 is 2.86 bits per heavy atom. The Balaban J connectivity index is 1.81. The summed E-state index contributed by atoms with van der Waals surface area (Å²) in [4.78, 5) is 4.38. The molecule has 2 heterocycles. The first kappa shape index (κ1) is 13.9. The van der Waals surface area contributed by atoms with Crippen LogP contribution in [0.1, 0.15) is 18.3 Å². The molecule has 0 spiro atoms. The standard InChI is InChI=1S/C16H16ClN3O/c1-3-13-16(17)15(20(2)19-13)10-21-12-8-11-6-4-5-7-14(11)18-9-12/h4-9H,3,10H2,1-2H3. The van der Waals surface area contributed by atoms with Crippen molar-refractivity contribution in [2.45, 2.75) is 20.0 Å². The molecular weight excluding hydrogens is 286 g/mol. The maximum Gasteiger partial charge on any atom is 0.138 e. The monoisotopic (exact) mass is 301 g/mol. The molecule has 108 valence electrons. The van der Waals surface area contributed by atoms with Crippen molar-refractivity contribution < 1.29 is 4.74 Å². The van der Waals surface area contributed by atoms with E-state index in [2.05, 4.69) is 10.1 Å². The van der Waals surface area contributed by atoms with Gasteiger partial charge in [0.2, 0.25) is 0 Å². The second-order valence-electron chi connectivity index (χ2n) is 4.84. The number of aromatic nitrogens is 3. The third-order valence-electron chi connectivity index (χ3n) is 3.44. The zero-order valence-electron chi connectivity index (χ0n) is 12.0. The fourth-order valence-corrected chi connectivity index (χ4v) is 2.61. The molecule has 5 heteroatoms. The summed E-state index contributed by atoms with van der Waals surface area (Å²) in [6.45, 7) is 2.41. The minimum atomic E-state index is 0.377. The van der Waals surface area contributed by atoms with Gasteiger partial charge in [0, 0.05) is 12.4 Å². The SMILES string of the molecule is CCc1nn(C)c(COc2cnc3ccccc3c2)c1Cl. The van der Waals surface area contributed by atoms with E-state index in [4.69, 9.17) is 16.3 Å². The zero-order chi connectivity index (χ0) is 14.8. The van der Waals surface area contributed by atoms with Gasteiger partial charge in [0.15, 0.2) is 0 Å². The van der Waals surface area contributed by atoms with Gasteiger partial charge < -0.3 is 4.74 Å². The van der Waals surface area contributed by atoms with Crippen LogP contribution >= 0.6 is 11.6 Å². The van der Waals surface area contributed by atoms with E-state index in [9.17, 15) is 0 Å². The minimum absolute atomic E-state index is 0.377. The molecule has 0 aliphatic carbocycles. The molecule has 0 amide bonds. The summed E-state index contributed by atoms with van der Waals surface area (Å²) in [5.41, 5.74) is 2.73. The predicted octanol–water partition coefficient (Wildman–Crippen LogP) is 3.76. The molecule has 0 aliphatic rings. The summed E-state index contributed by atoms with van der Waals surface area (Å²) in [6.07, 6.45) is 2.54. The molecule has 0 aliphatic heterocycles. The van der Waals surface area contributed by atoms with Crippen molar-refractivity contribution in [2.75, 3.05) is 0 Å². The number of rotatable bonds is 4. The molecule has 1 aromatic carbocycles. The van der Waals surface area contributed by atoms with E-state index in [0.29, 0.717) is 11.6 Å². The zero-order valence-corrected chi connectivity index (χ0v) is 12.8. The largest absolute Gasteiger partial charge is 0.486 e. The highest BCUT2D eigenvalue weighted by Crippen LogP contribution is 2.23. The van der Waals surface area contributed by atoms with Gasteiger partial charge in [-0.05, 0) is 18.6 Å². The van der Waals surface area contributed by atoms with Crippen molar-refractivity contribution in [2.24, 2.45) is 7.05 Å². The van der Waals surface area contributed by atoms with Crippen molar-refractivity contribution in [1.29, 1.82) is 0 Å². The van der Waals surface area contributed by atoms with Gasteiger partial charge in [-0.1, -0.05) is 36.7 Å². The van der Waals surface area contributed by atoms with E-state index >= 15 is 0 Å². The van der Waals surface area contributed by atoms with Crippen molar-refractivity contribution in [3.05, 3.63) is 52.9 Å². The topological polar surface area (TPSA) is 39.9 Å². The third-order valence-corrected chi connectivity index (χ3v) is 3.88. The van der Waals surface area contributed by atoms with Gasteiger partial charge in [-0.25, -0.2) is 0 Å². The highest BCUT2D eigenvalue weighted by molar-refractivity contribution is 6.31. The van der Waals surface area contributed by atoms with Gasteiger partial charge in [-0.2, -0.15) is 5.10 Å². The number of benzene rings is 1. The smallest absolute Gasteiger partial charge is 0.138 e. The summed E-state index contributed by atoms with van der Waals surface area (Å²) in [5, 5.41) is 6.12. The van der Waals surface area contributed by atoms with E-state index < -0.39 is 0 Å². The fraction of sp³-hybridized carbons (Fsp3) is 0.250. The number of hydrogen-bond acceptors (Lipinski definition) is 3. The van der Waals surface area contributed by atoms with Crippen molar-refractivity contribution in [1.82, 2.24) is 14.8 Å². The summed E-state index contributed by atoms with van der Waals surface area (Å²) in [6, 6.07) is 9.93. The quantitative estimate of drug-likeness (QED) is 0.736. The van der Waals surface area contributed by atoms with E-state index in [-0.39, 0.29) is 0 Å². The van der Waals surface area contributed by atoms with Crippen LogP contribution in [0.5, 0.6) is 5.75 Å². The molecule has 0 bridgehead atoms. The Bertz CT molecular complexity index is 782. The van der Waals surface area contributed by atoms with Crippen LogP contribution in [-0.2, 0) is 20.1 Å². The summed E-state index contributed by atoms with van der Waals surface area (Å²) in [5.74, 6) is 0.726. The van der Waals surface area contributed by atoms with Crippen LogP contribution in [0.15, 0.2) is 36.5 Å². The van der Waals surface area contributed by atoms with Gasteiger partial charge in [0.1, 0.15) is 12.4 Å². The number of fused-ring (bicyclic) bond motifs is 1. The fourth-order valence-electron chi connectivity index (χ4n) is 2.26. The highest BCUT2D eigenvalue weighted by Gasteiger charge is 2.13. The van der Waals surface area contributed by atoms with Gasteiger partial charge in [0.05, 0.1) is 28.1 Å². The average Bonchev–Trinajstić information content (AvgIpc) is 2.79. The van der Waals surface area contributed by atoms with Crippen LogP contribution in [0.2, 0.25) is 5.02 Å². The molecule has 0 unspecified atom stereocenters. The van der Waals surface area contributed by atoms with Crippen molar-refractivity contribution in [3.63, 3.8) is 0 Å². The Kier molecular flexibility index (Phi) is 3.80. The normalized spacial score (nSPS) is 11.0. The van der Waals surface area contributed by atoms with Crippen LogP contribution < -0.4 is 4.74 Å². The predicted molar refractivity (Wildman–Crippen MR) is 83.7 cm³/mol. The summed E-state index contributed by atoms with van der Waals surface area (Å²) < 4.78 is 7.59. The number of ether oxygens (including phenoxy) is 1. The summed E-state index contributed by atoms with van der Waals surface area (Å²) >= 11 is 6.31. The van der Waals surface area contributed by atoms with Crippen LogP contribution in [0.25, 0.3) is 10.9 Å². The Labute approximate surface area is 128 Å². The van der Waals surface area contributed by atoms with Crippen molar-refractivity contribution >= 4 is 22.5 Å². The Hall–Kier alpha value is -2.07. The van der Waals surface area contributed by atoms with Gasteiger partial charge >= 0.3 is 0 Å². The minimum Gasteiger partial charge on any atom is -0.486 e. The lowest BCUT2D eigenvalue weighted by atomic mass is 10.2. The molecule has 2 aromatic heterocycles. The van der Waals surface area contributed by atoms with E-state index in [1.165, 1.54) is 0 Å². The molecule has 0 atom stereocenters. The Morgan fingerprint density at radius 2 is 2.10 bits per heavy atom. The lowest BCUT2D eigenvalue weighted by Crippen LogP contribution is -2.03. The number of nitrogens with zero attached hydrogens (tertiary/aromatic N) is 3. The van der Waals surface area contributed by atoms with Crippen LogP contribution in [0, 0.1) is 0 Å². The number of pyridine rings is 1. The molecule has 0 saturated carbocycles. The average molecular weight is 302 g/mol. The maximum atomic E-state index is 6.31. The molecule has 0 radical (unpaired) electrons. The highest BCUT2D eigenvalue weighted by atomic mass is 35.5. The second kappa shape index (κ2) is 5.74. The second-order valence-corrected chi connectivity index (χ2v) is 5.21. The number of hydrogen-bond donors (Lipinski definition) is 0. The molecule has 0 saturated heterocycles. The van der Waals surface area contributed by atoms with Crippen LogP contribution in [-0.4, -0.2) is 14.8 Å². The molecule has 0 N–H and O–H groups in total. The first-order valence-electron chi connectivity index (χ1n) is 6.87. The maximum absolute atomic E-state index is 6.31. The summed E-state index contributed by atoms with van der Waals surface area (Å²) in [7, 11) is 1.88. The molecule has 21 heavy (non-hydrogen) atoms. The van der Waals surface area contributed by atoms with E-state index in [1.807, 2.05) is 44.3 Å². The molecule has 3 rings (SSSR count). The first-order valence-corrected chi connectivity index (χ1v) is 7.24. The Morgan fingerprint density at radius 1 is 1.29 bits per heavy atom. The van der Waals surface area contributed by atoms with Crippen LogP contribution in [0.3, 0.4) is 0 Å². The number of halogens is 1. The third kappa shape index (κ3) is 2.72. The van der Waals surface area contributed by atoms with Gasteiger partial charge in [-0.15, -0.1) is 0 Å². The van der Waals surface area contributed by atoms with E-state index in [1.54, 1.807) is 10.9 Å². The van der Waals surface area contributed by atoms with E-state index in [0.717, 1.165) is 34.5 Å². The first-order chi connectivity index (χ1) is 10.2. The van der Waals surface area contributed by atoms with Crippen molar-refractivity contribution in [3.8, 4) is 5.75 Å². The van der Waals surface area contributed by atoms with Gasteiger partial charge in [-0.3, -0.25) is 9.67 Å². The molecule has 3 aromatic rings. The molecule has 4 nitrogen and oxygen atoms in total. The lowest BCUT2D eigenvalue weighted by Gasteiger charge is -2.07. The molecular formula is C16H16ClN3O.